The van der Waals surface area contributed by atoms with Crippen LogP contribution in [0.25, 0.3) is 0 Å². The standard InChI is InChI=1S/C42H62O14/c1-20-15-26-8-11-30-21(2)16-25(50-30)7-5-24(44)6-10-28(45)41-37(48)38(49)42-32(55-41)12-9-27(52-42)17-36(47)56-40-23(4)39-34(18-29(46)31(54-39)13-14-43)53-35(40)19-33(51-26)22(20)3/h6,10,20,23,25-35,37-43,45-46,48-49H,2-3,5,7-9,11-19H2,1,4H3/b10-6+/t20-,23+,25+,26+,27-,28+,29-,30?,31?,32+,33?,34?,35+,37+,38?,39+,40?,41+,42?/m1/s1. The van der Waals surface area contributed by atoms with E-state index < -0.39 is 85.3 Å². The molecule has 7 unspecified atom stereocenters. The lowest BCUT2D eigenvalue weighted by atomic mass is 9.79. The summed E-state index contributed by atoms with van der Waals surface area (Å²) in [6.45, 7) is 12.6. The lowest BCUT2D eigenvalue weighted by molar-refractivity contribution is -0.278. The van der Waals surface area contributed by atoms with Crippen LogP contribution in [-0.4, -0.2) is 148 Å². The summed E-state index contributed by atoms with van der Waals surface area (Å²) in [5, 5.41) is 53.6. The van der Waals surface area contributed by atoms with Crippen molar-refractivity contribution in [2.24, 2.45) is 11.8 Å². The fourth-order valence-electron chi connectivity index (χ4n) is 10.0. The molecule has 6 saturated heterocycles. The van der Waals surface area contributed by atoms with Crippen LogP contribution in [0.15, 0.2) is 36.5 Å². The van der Waals surface area contributed by atoms with Crippen LogP contribution in [0.1, 0.15) is 90.9 Å². The number of allylic oxidation sites excluding steroid dienone is 1. The van der Waals surface area contributed by atoms with Crippen molar-refractivity contribution in [3.63, 3.8) is 0 Å². The minimum atomic E-state index is -1.51. The van der Waals surface area contributed by atoms with Crippen LogP contribution in [0.3, 0.4) is 0 Å². The maximum Gasteiger partial charge on any atom is 0.308 e. The SMILES string of the molecule is C=C1C[C@@H]2CCC(=O)/C=C/[C@H](O)[C@@H]3O[C@H]4CC[C@H](CC(=O)OC5[C@H](CC6O[C@@H](CCC1O2)C[C@@H](C)C6=C)OC1C[C@@H](O)C(CCO)O[C@H]1[C@@H]5C)OC4C(O)[C@@H]3O. The maximum absolute atomic E-state index is 13.8. The number of carbonyl (C=O) groups excluding carboxylic acids is 2. The zero-order valence-corrected chi connectivity index (χ0v) is 32.6. The van der Waals surface area contributed by atoms with Crippen LogP contribution in [0.2, 0.25) is 0 Å². The molecule has 8 bridgehead atoms. The molecule has 0 aromatic rings. The van der Waals surface area contributed by atoms with E-state index in [1.807, 2.05) is 6.92 Å². The van der Waals surface area contributed by atoms with Gasteiger partial charge in [-0.15, -0.1) is 0 Å². The third-order valence-electron chi connectivity index (χ3n) is 13.3. The number of hydrogen-bond acceptors (Lipinski definition) is 14. The lowest BCUT2D eigenvalue weighted by Crippen LogP contribution is -2.63. The molecular formula is C42H62O14. The summed E-state index contributed by atoms with van der Waals surface area (Å²) in [6, 6.07) is 0. The average molecular weight is 791 g/mol. The molecule has 0 spiro atoms. The quantitative estimate of drug-likeness (QED) is 0.201. The Morgan fingerprint density at radius 3 is 2.20 bits per heavy atom. The normalized spacial score (nSPS) is 48.9. The molecule has 0 aliphatic carbocycles. The molecule has 9 rings (SSSR count). The molecule has 14 heteroatoms. The molecular weight excluding hydrogens is 728 g/mol. The van der Waals surface area contributed by atoms with Gasteiger partial charge in [0, 0.05) is 31.8 Å². The highest BCUT2D eigenvalue weighted by Crippen LogP contribution is 2.42. The summed E-state index contributed by atoms with van der Waals surface area (Å²) in [4.78, 5) is 26.6. The zero-order valence-electron chi connectivity index (χ0n) is 32.6. The van der Waals surface area contributed by atoms with Crippen molar-refractivity contribution in [1.82, 2.24) is 0 Å². The molecule has 9 aliphatic heterocycles. The second-order valence-corrected chi connectivity index (χ2v) is 17.3. The van der Waals surface area contributed by atoms with Gasteiger partial charge in [-0.1, -0.05) is 27.0 Å². The van der Waals surface area contributed by atoms with Crippen LogP contribution in [-0.2, 0) is 42.7 Å². The summed E-state index contributed by atoms with van der Waals surface area (Å²) in [5.41, 5.74) is 1.92. The lowest BCUT2D eigenvalue weighted by Gasteiger charge is -2.51. The first-order chi connectivity index (χ1) is 26.8. The van der Waals surface area contributed by atoms with Gasteiger partial charge in [0.1, 0.15) is 36.6 Å². The summed E-state index contributed by atoms with van der Waals surface area (Å²) in [6.07, 6.45) is -4.42. The number of ether oxygens (including phenoxy) is 7. The van der Waals surface area contributed by atoms with Gasteiger partial charge in [0.15, 0.2) is 5.78 Å². The molecule has 314 valence electrons. The van der Waals surface area contributed by atoms with Crippen LogP contribution in [0.4, 0.5) is 0 Å². The molecule has 9 heterocycles. The number of aliphatic hydroxyl groups is 5. The Bertz CT molecular complexity index is 1450. The number of ketones is 1. The minimum Gasteiger partial charge on any atom is -0.459 e. The Balaban J connectivity index is 1.12. The molecule has 19 atom stereocenters. The van der Waals surface area contributed by atoms with Gasteiger partial charge in [0.2, 0.25) is 0 Å². The predicted octanol–water partition coefficient (Wildman–Crippen LogP) is 2.14. The summed E-state index contributed by atoms with van der Waals surface area (Å²) >= 11 is 0. The number of rotatable bonds is 2. The maximum atomic E-state index is 13.8. The molecule has 5 N–H and O–H groups in total. The van der Waals surface area contributed by atoms with Crippen molar-refractivity contribution in [3.8, 4) is 0 Å². The van der Waals surface area contributed by atoms with Crippen LogP contribution in [0.5, 0.6) is 0 Å². The van der Waals surface area contributed by atoms with E-state index in [1.54, 1.807) is 0 Å². The van der Waals surface area contributed by atoms with Crippen LogP contribution in [0, 0.1) is 11.8 Å². The molecule has 6 fully saturated rings. The Labute approximate surface area is 329 Å². The smallest absolute Gasteiger partial charge is 0.308 e. The molecule has 56 heavy (non-hydrogen) atoms. The van der Waals surface area contributed by atoms with Gasteiger partial charge in [-0.25, -0.2) is 0 Å². The Kier molecular flexibility index (Phi) is 13.6. The van der Waals surface area contributed by atoms with Gasteiger partial charge in [0.25, 0.3) is 0 Å². The van der Waals surface area contributed by atoms with Gasteiger partial charge in [-0.05, 0) is 80.6 Å². The van der Waals surface area contributed by atoms with Crippen LogP contribution < -0.4 is 0 Å². The molecule has 0 saturated carbocycles. The second-order valence-electron chi connectivity index (χ2n) is 17.3. The fraction of sp³-hybridized carbons (Fsp3) is 0.810. The van der Waals surface area contributed by atoms with E-state index >= 15 is 0 Å². The van der Waals surface area contributed by atoms with Crippen molar-refractivity contribution in [2.75, 3.05) is 6.61 Å². The molecule has 14 nitrogen and oxygen atoms in total. The van der Waals surface area contributed by atoms with Crippen molar-refractivity contribution >= 4 is 11.8 Å². The van der Waals surface area contributed by atoms with Gasteiger partial charge >= 0.3 is 5.97 Å². The van der Waals surface area contributed by atoms with Crippen molar-refractivity contribution in [3.05, 3.63) is 36.5 Å². The number of fused-ring (bicyclic) bond motifs is 3. The monoisotopic (exact) mass is 790 g/mol. The third-order valence-corrected chi connectivity index (χ3v) is 13.3. The first-order valence-corrected chi connectivity index (χ1v) is 20.8. The molecule has 0 aromatic carbocycles. The average Bonchev–Trinajstić information content (AvgIpc) is 3.53. The molecule has 9 aliphatic rings. The number of carbonyl (C=O) groups is 2. The number of aliphatic hydroxyl groups excluding tert-OH is 5. The topological polar surface area (TPSA) is 200 Å². The van der Waals surface area contributed by atoms with E-state index in [2.05, 4.69) is 20.1 Å². The van der Waals surface area contributed by atoms with E-state index in [9.17, 15) is 35.1 Å². The summed E-state index contributed by atoms with van der Waals surface area (Å²) in [5.74, 6) is -0.899. The van der Waals surface area contributed by atoms with E-state index in [-0.39, 0.29) is 67.9 Å². The fourth-order valence-corrected chi connectivity index (χ4v) is 10.0. The first kappa shape index (κ1) is 42.1. The highest BCUT2D eigenvalue weighted by Gasteiger charge is 2.53. The van der Waals surface area contributed by atoms with Gasteiger partial charge < -0.3 is 58.7 Å². The van der Waals surface area contributed by atoms with Gasteiger partial charge in [-0.2, -0.15) is 0 Å². The first-order valence-electron chi connectivity index (χ1n) is 20.8. The van der Waals surface area contributed by atoms with E-state index in [4.69, 9.17) is 33.2 Å². The van der Waals surface area contributed by atoms with Gasteiger partial charge in [-0.3, -0.25) is 9.59 Å². The minimum absolute atomic E-state index is 0.0815. The molecule has 0 amide bonds. The molecule has 0 radical (unpaired) electrons. The Morgan fingerprint density at radius 2 is 1.41 bits per heavy atom. The zero-order chi connectivity index (χ0) is 39.8. The number of esters is 1. The Morgan fingerprint density at radius 1 is 0.696 bits per heavy atom. The number of hydrogen-bond donors (Lipinski definition) is 5. The van der Waals surface area contributed by atoms with Crippen LogP contribution >= 0.6 is 0 Å². The van der Waals surface area contributed by atoms with Crippen molar-refractivity contribution < 1.29 is 68.3 Å². The summed E-state index contributed by atoms with van der Waals surface area (Å²) in [7, 11) is 0. The van der Waals surface area contributed by atoms with E-state index in [0.717, 1.165) is 24.0 Å². The highest BCUT2D eigenvalue weighted by molar-refractivity contribution is 5.89. The van der Waals surface area contributed by atoms with Crippen molar-refractivity contribution in [2.45, 2.75) is 195 Å². The van der Waals surface area contributed by atoms with E-state index in [1.165, 1.54) is 12.2 Å². The molecule has 0 aromatic heterocycles. The Hall–Kier alpha value is -2.08. The summed E-state index contributed by atoms with van der Waals surface area (Å²) < 4.78 is 44.6. The predicted molar refractivity (Wildman–Crippen MR) is 199 cm³/mol. The largest absolute Gasteiger partial charge is 0.459 e. The van der Waals surface area contributed by atoms with E-state index in [0.29, 0.717) is 44.9 Å². The third kappa shape index (κ3) is 9.21. The highest BCUT2D eigenvalue weighted by atomic mass is 16.6. The second kappa shape index (κ2) is 18.0. The van der Waals surface area contributed by atoms with Gasteiger partial charge in [0.05, 0.1) is 73.6 Å². The van der Waals surface area contributed by atoms with Crippen molar-refractivity contribution in [1.29, 1.82) is 0 Å².